The van der Waals surface area contributed by atoms with Gasteiger partial charge in [0.1, 0.15) is 5.82 Å². The number of hydrogen-bond acceptors (Lipinski definition) is 6. The SMILES string of the molecule is Cc1[nH]c(=O)[nH]c(=O)c1Cc1nc(C2CC2)nn1[C@H]1CCS(=O)(=O)C1. The standard InChI is InChI=1S/C15H19N5O4S/c1-8-11(14(21)18-15(22)16-8)6-12-17-13(9-2-3-9)19-20(12)10-4-5-25(23,24)7-10/h9-10H,2-7H2,1H3,(H2,16,18,21,22)/t10-/m0/s1. The second-order valence-electron chi connectivity index (χ2n) is 6.85. The van der Waals surface area contributed by atoms with Gasteiger partial charge >= 0.3 is 5.69 Å². The zero-order chi connectivity index (χ0) is 17.8. The largest absolute Gasteiger partial charge is 0.325 e. The third-order valence-corrected chi connectivity index (χ3v) is 6.56. The van der Waals surface area contributed by atoms with Crippen LogP contribution in [-0.4, -0.2) is 44.7 Å². The quantitative estimate of drug-likeness (QED) is 0.771. The Morgan fingerprint density at radius 3 is 2.56 bits per heavy atom. The second kappa shape index (κ2) is 5.65. The van der Waals surface area contributed by atoms with Gasteiger partial charge in [0.2, 0.25) is 0 Å². The van der Waals surface area contributed by atoms with E-state index in [1.807, 2.05) is 0 Å². The first-order valence-corrected chi connectivity index (χ1v) is 10.1. The van der Waals surface area contributed by atoms with Gasteiger partial charge in [0.05, 0.1) is 17.5 Å². The van der Waals surface area contributed by atoms with Crippen LogP contribution >= 0.6 is 0 Å². The molecule has 3 heterocycles. The molecule has 1 saturated carbocycles. The van der Waals surface area contributed by atoms with Crippen molar-refractivity contribution in [3.8, 4) is 0 Å². The van der Waals surface area contributed by atoms with E-state index in [0.29, 0.717) is 29.4 Å². The Morgan fingerprint density at radius 2 is 1.96 bits per heavy atom. The molecule has 2 aliphatic rings. The number of sulfone groups is 1. The molecule has 1 aliphatic carbocycles. The van der Waals surface area contributed by atoms with E-state index in [0.717, 1.165) is 18.7 Å². The van der Waals surface area contributed by atoms with Crippen molar-refractivity contribution in [1.29, 1.82) is 0 Å². The lowest BCUT2D eigenvalue weighted by molar-refractivity contribution is 0.477. The molecule has 0 bridgehead atoms. The summed E-state index contributed by atoms with van der Waals surface area (Å²) in [4.78, 5) is 32.9. The lowest BCUT2D eigenvalue weighted by atomic mass is 10.1. The lowest BCUT2D eigenvalue weighted by Crippen LogP contribution is -2.28. The number of aromatic amines is 2. The fraction of sp³-hybridized carbons (Fsp3) is 0.600. The van der Waals surface area contributed by atoms with Gasteiger partial charge in [-0.15, -0.1) is 0 Å². The van der Waals surface area contributed by atoms with Crippen LogP contribution < -0.4 is 11.2 Å². The molecule has 0 spiro atoms. The van der Waals surface area contributed by atoms with Crippen LogP contribution in [0.5, 0.6) is 0 Å². The highest BCUT2D eigenvalue weighted by Crippen LogP contribution is 2.39. The predicted molar refractivity (Wildman–Crippen MR) is 89.5 cm³/mol. The maximum Gasteiger partial charge on any atom is 0.325 e. The topological polar surface area (TPSA) is 131 Å². The van der Waals surface area contributed by atoms with Crippen LogP contribution in [-0.2, 0) is 16.3 Å². The van der Waals surface area contributed by atoms with Crippen molar-refractivity contribution in [2.75, 3.05) is 11.5 Å². The van der Waals surface area contributed by atoms with Gasteiger partial charge in [0.25, 0.3) is 5.56 Å². The average molecular weight is 365 g/mol. The summed E-state index contributed by atoms with van der Waals surface area (Å²) < 4.78 is 25.3. The molecule has 10 heteroatoms. The van der Waals surface area contributed by atoms with Crippen LogP contribution in [0.1, 0.15) is 54.1 Å². The van der Waals surface area contributed by atoms with Gasteiger partial charge in [-0.25, -0.2) is 22.9 Å². The van der Waals surface area contributed by atoms with E-state index < -0.39 is 21.1 Å². The van der Waals surface area contributed by atoms with Crippen LogP contribution in [0.25, 0.3) is 0 Å². The summed E-state index contributed by atoms with van der Waals surface area (Å²) in [5.41, 5.74) is -0.108. The summed E-state index contributed by atoms with van der Waals surface area (Å²) >= 11 is 0. The first-order valence-electron chi connectivity index (χ1n) is 8.30. The van der Waals surface area contributed by atoms with E-state index >= 15 is 0 Å². The summed E-state index contributed by atoms with van der Waals surface area (Å²) in [6.45, 7) is 1.66. The van der Waals surface area contributed by atoms with Gasteiger partial charge in [-0.3, -0.25) is 9.78 Å². The average Bonchev–Trinajstić information content (AvgIpc) is 3.18. The Balaban J connectivity index is 1.74. The Morgan fingerprint density at radius 1 is 1.20 bits per heavy atom. The minimum Gasteiger partial charge on any atom is -0.311 e. The Labute approximate surface area is 143 Å². The molecule has 1 atom stereocenters. The number of nitrogens with zero attached hydrogens (tertiary/aromatic N) is 3. The van der Waals surface area contributed by atoms with Crippen LogP contribution in [0.2, 0.25) is 0 Å². The number of H-pyrrole nitrogens is 2. The van der Waals surface area contributed by atoms with Gasteiger partial charge in [-0.1, -0.05) is 0 Å². The molecule has 2 fully saturated rings. The molecule has 0 unspecified atom stereocenters. The Hall–Kier alpha value is -2.23. The van der Waals surface area contributed by atoms with Crippen molar-refractivity contribution in [3.05, 3.63) is 43.7 Å². The number of rotatable bonds is 4. The zero-order valence-corrected chi connectivity index (χ0v) is 14.6. The number of aromatic nitrogens is 5. The lowest BCUT2D eigenvalue weighted by Gasteiger charge is -2.12. The third-order valence-electron chi connectivity index (χ3n) is 4.80. The smallest absolute Gasteiger partial charge is 0.311 e. The molecule has 2 aromatic heterocycles. The van der Waals surface area contributed by atoms with Crippen LogP contribution in [0.3, 0.4) is 0 Å². The van der Waals surface area contributed by atoms with Crippen LogP contribution in [0.4, 0.5) is 0 Å². The summed E-state index contributed by atoms with van der Waals surface area (Å²) in [6, 6.07) is -0.248. The van der Waals surface area contributed by atoms with Crippen molar-refractivity contribution in [3.63, 3.8) is 0 Å². The molecule has 4 rings (SSSR count). The molecule has 1 saturated heterocycles. The third kappa shape index (κ3) is 3.17. The summed E-state index contributed by atoms with van der Waals surface area (Å²) in [6.07, 6.45) is 2.77. The first-order chi connectivity index (χ1) is 11.8. The van der Waals surface area contributed by atoms with Gasteiger partial charge in [-0.05, 0) is 26.2 Å². The molecular formula is C15H19N5O4S. The Kier molecular flexibility index (Phi) is 3.67. The minimum absolute atomic E-state index is 0.0500. The summed E-state index contributed by atoms with van der Waals surface area (Å²) in [7, 11) is -3.05. The maximum atomic E-state index is 12.1. The zero-order valence-electron chi connectivity index (χ0n) is 13.8. The highest BCUT2D eigenvalue weighted by atomic mass is 32.2. The van der Waals surface area contributed by atoms with Crippen molar-refractivity contribution >= 4 is 9.84 Å². The van der Waals surface area contributed by atoms with Gasteiger partial charge in [0, 0.05) is 23.6 Å². The van der Waals surface area contributed by atoms with E-state index in [1.54, 1.807) is 11.6 Å². The van der Waals surface area contributed by atoms with E-state index in [1.165, 1.54) is 0 Å². The second-order valence-corrected chi connectivity index (χ2v) is 9.08. The van der Waals surface area contributed by atoms with E-state index in [2.05, 4.69) is 20.1 Å². The van der Waals surface area contributed by atoms with Crippen LogP contribution in [0, 0.1) is 6.92 Å². The Bertz CT molecular complexity index is 1040. The number of hydrogen-bond donors (Lipinski definition) is 2. The monoisotopic (exact) mass is 365 g/mol. The van der Waals surface area contributed by atoms with Gasteiger partial charge < -0.3 is 4.98 Å². The molecule has 0 radical (unpaired) electrons. The summed E-state index contributed by atoms with van der Waals surface area (Å²) in [5.74, 6) is 1.82. The molecule has 1 aliphatic heterocycles. The highest BCUT2D eigenvalue weighted by Gasteiger charge is 2.34. The van der Waals surface area contributed by atoms with Crippen LogP contribution in [0.15, 0.2) is 9.59 Å². The molecule has 25 heavy (non-hydrogen) atoms. The fourth-order valence-corrected chi connectivity index (χ4v) is 4.96. The van der Waals surface area contributed by atoms with Crippen molar-refractivity contribution < 1.29 is 8.42 Å². The van der Waals surface area contributed by atoms with E-state index in [9.17, 15) is 18.0 Å². The van der Waals surface area contributed by atoms with Crippen molar-refractivity contribution in [2.45, 2.75) is 44.6 Å². The van der Waals surface area contributed by atoms with E-state index in [4.69, 9.17) is 0 Å². The molecule has 2 aromatic rings. The maximum absolute atomic E-state index is 12.1. The van der Waals surface area contributed by atoms with Crippen molar-refractivity contribution in [2.24, 2.45) is 0 Å². The number of aryl methyl sites for hydroxylation is 1. The van der Waals surface area contributed by atoms with E-state index in [-0.39, 0.29) is 24.0 Å². The molecule has 0 amide bonds. The predicted octanol–water partition coefficient (Wildman–Crippen LogP) is -0.209. The fourth-order valence-electron chi connectivity index (χ4n) is 3.27. The number of nitrogens with one attached hydrogen (secondary N) is 2. The molecular weight excluding hydrogens is 346 g/mol. The molecule has 134 valence electrons. The highest BCUT2D eigenvalue weighted by molar-refractivity contribution is 7.91. The van der Waals surface area contributed by atoms with Gasteiger partial charge in [-0.2, -0.15) is 5.10 Å². The van der Waals surface area contributed by atoms with Crippen molar-refractivity contribution in [1.82, 2.24) is 24.7 Å². The molecule has 2 N–H and O–H groups in total. The molecule has 9 nitrogen and oxygen atoms in total. The van der Waals surface area contributed by atoms with Gasteiger partial charge in [0.15, 0.2) is 15.7 Å². The minimum atomic E-state index is -3.05. The summed E-state index contributed by atoms with van der Waals surface area (Å²) in [5, 5.41) is 4.55. The molecule has 0 aromatic carbocycles. The normalized spacial score (nSPS) is 22.4. The first kappa shape index (κ1) is 16.2.